The number of ether oxygens (including phenoxy) is 1. The predicted octanol–water partition coefficient (Wildman–Crippen LogP) is 6.75. The fourth-order valence-corrected chi connectivity index (χ4v) is 2.58. The van der Waals surface area contributed by atoms with Gasteiger partial charge in [0, 0.05) is 6.08 Å². The Morgan fingerprint density at radius 2 is 1.13 bits per heavy atom. The second-order valence-corrected chi connectivity index (χ2v) is 6.30. The molecule has 2 nitrogen and oxygen atoms in total. The zero-order chi connectivity index (χ0) is 17.0. The molecule has 0 aromatic carbocycles. The Kier molecular flexibility index (Phi) is 18.1. The van der Waals surface area contributed by atoms with Crippen LogP contribution in [0.25, 0.3) is 0 Å². The molecule has 0 aliphatic carbocycles. The average Bonchev–Trinajstić information content (AvgIpc) is 2.57. The quantitative estimate of drug-likeness (QED) is 0.136. The fourth-order valence-electron chi connectivity index (χ4n) is 2.58. The second-order valence-electron chi connectivity index (χ2n) is 6.30. The van der Waals surface area contributed by atoms with Gasteiger partial charge in [0.1, 0.15) is 0 Å². The summed E-state index contributed by atoms with van der Waals surface area (Å²) in [4.78, 5) is 10.9. The molecule has 0 atom stereocenters. The molecule has 0 saturated carbocycles. The molecule has 134 valence electrons. The van der Waals surface area contributed by atoms with E-state index in [1.54, 1.807) is 0 Å². The summed E-state index contributed by atoms with van der Waals surface area (Å²) in [5.41, 5.74) is 0. The molecule has 0 aromatic rings. The lowest BCUT2D eigenvalue weighted by atomic mass is 10.1. The molecular weight excluding hydrogens is 284 g/mol. The summed E-state index contributed by atoms with van der Waals surface area (Å²) < 4.78 is 4.54. The lowest BCUT2D eigenvalue weighted by molar-refractivity contribution is -0.134. The molecule has 0 radical (unpaired) electrons. The highest BCUT2D eigenvalue weighted by Crippen LogP contribution is 2.11. The van der Waals surface area contributed by atoms with Gasteiger partial charge in [-0.05, 0) is 38.5 Å². The molecule has 0 aliphatic rings. The number of carbonyl (C=O) groups excluding carboxylic acids is 1. The number of carbonyl (C=O) groups is 1. The summed E-state index contributed by atoms with van der Waals surface area (Å²) in [5, 5.41) is 0. The Labute approximate surface area is 144 Å². The molecule has 0 saturated heterocycles. The maximum absolute atomic E-state index is 10.9. The molecular formula is C21H38O2. The third-order valence-corrected chi connectivity index (χ3v) is 4.09. The highest BCUT2D eigenvalue weighted by Gasteiger charge is 1.92. The Morgan fingerprint density at radius 3 is 1.65 bits per heavy atom. The first-order chi connectivity index (χ1) is 11.3. The van der Waals surface area contributed by atoms with Gasteiger partial charge in [0.15, 0.2) is 0 Å². The largest absolute Gasteiger partial charge is 0.466 e. The van der Waals surface area contributed by atoms with Crippen LogP contribution < -0.4 is 0 Å². The van der Waals surface area contributed by atoms with Crippen LogP contribution >= 0.6 is 0 Å². The van der Waals surface area contributed by atoms with E-state index in [1.165, 1.54) is 83.8 Å². The van der Waals surface area contributed by atoms with Crippen LogP contribution in [-0.2, 0) is 9.53 Å². The topological polar surface area (TPSA) is 26.3 Å². The van der Waals surface area contributed by atoms with Gasteiger partial charge in [-0.1, -0.05) is 76.5 Å². The normalized spacial score (nSPS) is 11.6. The van der Waals surface area contributed by atoms with Crippen LogP contribution in [0.5, 0.6) is 0 Å². The number of hydrogen-bond acceptors (Lipinski definition) is 2. The van der Waals surface area contributed by atoms with E-state index in [-0.39, 0.29) is 5.97 Å². The predicted molar refractivity (Wildman–Crippen MR) is 101 cm³/mol. The van der Waals surface area contributed by atoms with Crippen molar-refractivity contribution in [1.82, 2.24) is 0 Å². The zero-order valence-corrected chi connectivity index (χ0v) is 15.5. The van der Waals surface area contributed by atoms with Gasteiger partial charge >= 0.3 is 5.97 Å². The van der Waals surface area contributed by atoms with E-state index in [9.17, 15) is 4.79 Å². The van der Waals surface area contributed by atoms with Crippen LogP contribution in [0, 0.1) is 0 Å². The van der Waals surface area contributed by atoms with E-state index >= 15 is 0 Å². The summed E-state index contributed by atoms with van der Waals surface area (Å²) in [6.07, 6.45) is 26.3. The van der Waals surface area contributed by atoms with Crippen molar-refractivity contribution in [3.8, 4) is 0 Å². The van der Waals surface area contributed by atoms with Crippen LogP contribution in [0.4, 0.5) is 0 Å². The summed E-state index contributed by atoms with van der Waals surface area (Å²) in [7, 11) is 1.41. The maximum atomic E-state index is 10.9. The number of unbranched alkanes of at least 4 members (excludes halogenated alkanes) is 12. The number of esters is 1. The van der Waals surface area contributed by atoms with E-state index in [0.717, 1.165) is 19.3 Å². The first-order valence-electron chi connectivity index (χ1n) is 9.70. The van der Waals surface area contributed by atoms with E-state index in [2.05, 4.69) is 23.8 Å². The van der Waals surface area contributed by atoms with Crippen LogP contribution in [0.15, 0.2) is 24.3 Å². The molecule has 0 unspecified atom stereocenters. The van der Waals surface area contributed by atoms with Crippen LogP contribution in [0.1, 0.15) is 96.8 Å². The Morgan fingerprint density at radius 1 is 0.696 bits per heavy atom. The molecule has 23 heavy (non-hydrogen) atoms. The highest BCUT2D eigenvalue weighted by molar-refractivity contribution is 5.81. The van der Waals surface area contributed by atoms with Gasteiger partial charge in [0.05, 0.1) is 7.11 Å². The summed E-state index contributed by atoms with van der Waals surface area (Å²) in [5.74, 6) is -0.258. The minimum absolute atomic E-state index is 0.258. The lowest BCUT2D eigenvalue weighted by Gasteiger charge is -2.00. The van der Waals surface area contributed by atoms with Crippen molar-refractivity contribution in [2.24, 2.45) is 0 Å². The monoisotopic (exact) mass is 322 g/mol. The SMILES string of the molecule is CCCCCCCCCCCC=CCCCCC=CC(=O)OC. The van der Waals surface area contributed by atoms with Crippen molar-refractivity contribution in [3.63, 3.8) is 0 Å². The summed E-state index contributed by atoms with van der Waals surface area (Å²) in [6.45, 7) is 2.27. The number of hydrogen-bond donors (Lipinski definition) is 0. The van der Waals surface area contributed by atoms with E-state index in [4.69, 9.17) is 0 Å². The number of rotatable bonds is 16. The van der Waals surface area contributed by atoms with Gasteiger partial charge in [0.2, 0.25) is 0 Å². The fraction of sp³-hybridized carbons (Fsp3) is 0.762. The lowest BCUT2D eigenvalue weighted by Crippen LogP contribution is -1.93. The van der Waals surface area contributed by atoms with Gasteiger partial charge in [-0.15, -0.1) is 0 Å². The van der Waals surface area contributed by atoms with Crippen molar-refractivity contribution in [2.45, 2.75) is 96.8 Å². The third kappa shape index (κ3) is 18.9. The molecule has 0 rings (SSSR count). The van der Waals surface area contributed by atoms with Crippen molar-refractivity contribution in [3.05, 3.63) is 24.3 Å². The molecule has 0 aromatic heterocycles. The number of allylic oxidation sites excluding steroid dienone is 3. The first kappa shape index (κ1) is 21.9. The third-order valence-electron chi connectivity index (χ3n) is 4.09. The van der Waals surface area contributed by atoms with Crippen LogP contribution in [0.2, 0.25) is 0 Å². The number of methoxy groups -OCH3 is 1. The van der Waals surface area contributed by atoms with Crippen LogP contribution in [0.3, 0.4) is 0 Å². The second kappa shape index (κ2) is 19.0. The molecule has 2 heteroatoms. The maximum Gasteiger partial charge on any atom is 0.330 e. The summed E-state index contributed by atoms with van der Waals surface area (Å²) >= 11 is 0. The molecule has 0 spiro atoms. The Hall–Kier alpha value is -1.05. The van der Waals surface area contributed by atoms with Gasteiger partial charge in [-0.25, -0.2) is 4.79 Å². The molecule has 0 aliphatic heterocycles. The van der Waals surface area contributed by atoms with E-state index < -0.39 is 0 Å². The molecule has 0 heterocycles. The average molecular weight is 323 g/mol. The molecule has 0 N–H and O–H groups in total. The molecule has 0 bridgehead atoms. The summed E-state index contributed by atoms with van der Waals surface area (Å²) in [6, 6.07) is 0. The van der Waals surface area contributed by atoms with Gasteiger partial charge in [0.25, 0.3) is 0 Å². The van der Waals surface area contributed by atoms with Gasteiger partial charge in [-0.3, -0.25) is 0 Å². The zero-order valence-electron chi connectivity index (χ0n) is 15.5. The van der Waals surface area contributed by atoms with Crippen molar-refractivity contribution < 1.29 is 9.53 Å². The van der Waals surface area contributed by atoms with E-state index in [1.807, 2.05) is 6.08 Å². The first-order valence-corrected chi connectivity index (χ1v) is 9.70. The standard InChI is InChI=1S/C21H38O2/c1-3-4-5-6-7-8-9-10-11-12-13-14-15-16-17-18-19-20-21(22)23-2/h13-14,19-20H,3-12,15-18H2,1-2H3. The van der Waals surface area contributed by atoms with Gasteiger partial charge in [-0.2, -0.15) is 0 Å². The van der Waals surface area contributed by atoms with Crippen molar-refractivity contribution >= 4 is 5.97 Å². The van der Waals surface area contributed by atoms with Gasteiger partial charge < -0.3 is 4.74 Å². The highest BCUT2D eigenvalue weighted by atomic mass is 16.5. The van der Waals surface area contributed by atoms with E-state index in [0.29, 0.717) is 0 Å². The molecule has 0 fully saturated rings. The molecule has 0 amide bonds. The van der Waals surface area contributed by atoms with Crippen molar-refractivity contribution in [1.29, 1.82) is 0 Å². The van der Waals surface area contributed by atoms with Crippen LogP contribution in [-0.4, -0.2) is 13.1 Å². The minimum atomic E-state index is -0.258. The Balaban J connectivity index is 3.17. The smallest absolute Gasteiger partial charge is 0.330 e. The Bertz CT molecular complexity index is 305. The van der Waals surface area contributed by atoms with Crippen molar-refractivity contribution in [2.75, 3.05) is 7.11 Å². The minimum Gasteiger partial charge on any atom is -0.466 e.